The summed E-state index contributed by atoms with van der Waals surface area (Å²) in [5.74, 6) is 0.943. The molecule has 0 unspecified atom stereocenters. The van der Waals surface area contributed by atoms with Crippen molar-refractivity contribution in [3.63, 3.8) is 0 Å². The van der Waals surface area contributed by atoms with E-state index in [4.69, 9.17) is 26.3 Å². The number of anilines is 1. The molecule has 29 heavy (non-hydrogen) atoms. The molecule has 0 saturated carbocycles. The van der Waals surface area contributed by atoms with E-state index in [2.05, 4.69) is 10.1 Å². The quantitative estimate of drug-likeness (QED) is 0.641. The Morgan fingerprint density at radius 3 is 2.76 bits per heavy atom. The molecule has 1 aliphatic heterocycles. The second-order valence-electron chi connectivity index (χ2n) is 6.33. The lowest BCUT2D eigenvalue weighted by Gasteiger charge is -2.11. The van der Waals surface area contributed by atoms with Crippen LogP contribution in [0.25, 0.3) is 11.3 Å². The third-order valence-electron chi connectivity index (χ3n) is 4.66. The highest BCUT2D eigenvalue weighted by atomic mass is 35.5. The third-order valence-corrected chi connectivity index (χ3v) is 4.95. The van der Waals surface area contributed by atoms with E-state index >= 15 is 0 Å². The number of ether oxygens (including phenoxy) is 2. The van der Waals surface area contributed by atoms with Crippen molar-refractivity contribution in [2.24, 2.45) is 0 Å². The molecule has 0 atom stereocenters. The number of hydrogen-bond donors (Lipinski definition) is 0. The number of pyridine rings is 1. The SMILES string of the molecule is COc1ccc(-c2cc(Cl)c3c(n2)CN(c2cnn(CC#N)c2)C3=O)cc1OC. The lowest BCUT2D eigenvalue weighted by Crippen LogP contribution is -2.22. The first-order valence-electron chi connectivity index (χ1n) is 8.68. The van der Waals surface area contributed by atoms with E-state index in [9.17, 15) is 4.79 Å². The van der Waals surface area contributed by atoms with Crippen molar-refractivity contribution in [1.29, 1.82) is 5.26 Å². The van der Waals surface area contributed by atoms with Gasteiger partial charge < -0.3 is 9.47 Å². The number of benzene rings is 1. The van der Waals surface area contributed by atoms with Crippen LogP contribution in [0.15, 0.2) is 36.7 Å². The Kier molecular flexibility index (Phi) is 4.82. The van der Waals surface area contributed by atoms with E-state index in [0.29, 0.717) is 39.2 Å². The summed E-state index contributed by atoms with van der Waals surface area (Å²) >= 11 is 6.45. The zero-order chi connectivity index (χ0) is 20.5. The minimum Gasteiger partial charge on any atom is -0.493 e. The minimum absolute atomic E-state index is 0.109. The normalized spacial score (nSPS) is 12.6. The van der Waals surface area contributed by atoms with Crippen molar-refractivity contribution < 1.29 is 14.3 Å². The standard InChI is InChI=1S/C20H16ClN5O3/c1-28-17-4-3-12(7-18(17)29-2)15-8-14(21)19-16(24-15)11-26(20(19)27)13-9-23-25(10-13)6-5-22/h3-4,7-10H,6,11H2,1-2H3. The zero-order valence-corrected chi connectivity index (χ0v) is 16.5. The number of halogens is 1. The number of nitrogens with zero attached hydrogens (tertiary/aromatic N) is 5. The van der Waals surface area contributed by atoms with E-state index in [1.807, 2.05) is 18.2 Å². The maximum Gasteiger partial charge on any atom is 0.262 e. The molecule has 9 heteroatoms. The van der Waals surface area contributed by atoms with Crippen molar-refractivity contribution >= 4 is 23.2 Å². The predicted octanol–water partition coefficient (Wildman–Crippen LogP) is 3.30. The van der Waals surface area contributed by atoms with Crippen LogP contribution in [0.2, 0.25) is 5.02 Å². The molecule has 3 heterocycles. The molecule has 146 valence electrons. The molecule has 1 amide bonds. The van der Waals surface area contributed by atoms with Gasteiger partial charge in [-0.15, -0.1) is 0 Å². The highest BCUT2D eigenvalue weighted by molar-refractivity contribution is 6.35. The van der Waals surface area contributed by atoms with Gasteiger partial charge in [0.15, 0.2) is 11.5 Å². The number of fused-ring (bicyclic) bond motifs is 1. The van der Waals surface area contributed by atoms with Crippen molar-refractivity contribution in [2.75, 3.05) is 19.1 Å². The van der Waals surface area contributed by atoms with Crippen LogP contribution in [-0.2, 0) is 13.1 Å². The topological polar surface area (TPSA) is 93.3 Å². The van der Waals surface area contributed by atoms with E-state index in [1.54, 1.807) is 43.6 Å². The van der Waals surface area contributed by atoms with Crippen molar-refractivity contribution in [1.82, 2.24) is 14.8 Å². The average molecular weight is 410 g/mol. The summed E-state index contributed by atoms with van der Waals surface area (Å²) in [5.41, 5.74) is 2.97. The number of methoxy groups -OCH3 is 2. The first-order valence-corrected chi connectivity index (χ1v) is 9.06. The summed E-state index contributed by atoms with van der Waals surface area (Å²) in [6.07, 6.45) is 3.19. The molecule has 0 saturated heterocycles. The molecule has 0 bridgehead atoms. The van der Waals surface area contributed by atoms with Gasteiger partial charge in [0.05, 0.1) is 60.7 Å². The Morgan fingerprint density at radius 1 is 1.24 bits per heavy atom. The molecule has 0 N–H and O–H groups in total. The van der Waals surface area contributed by atoms with Gasteiger partial charge in [-0.25, -0.2) is 4.98 Å². The van der Waals surface area contributed by atoms with Gasteiger partial charge in [0.2, 0.25) is 0 Å². The molecule has 4 rings (SSSR count). The van der Waals surface area contributed by atoms with Crippen LogP contribution >= 0.6 is 11.6 Å². The fourth-order valence-corrected chi connectivity index (χ4v) is 3.56. The third kappa shape index (κ3) is 3.26. The lowest BCUT2D eigenvalue weighted by molar-refractivity contribution is 0.0996. The second kappa shape index (κ2) is 7.45. The number of aromatic nitrogens is 3. The molecule has 1 aliphatic rings. The second-order valence-corrected chi connectivity index (χ2v) is 6.73. The molecule has 1 aromatic carbocycles. The molecule has 8 nitrogen and oxygen atoms in total. The maximum absolute atomic E-state index is 12.9. The van der Waals surface area contributed by atoms with Crippen LogP contribution in [0.5, 0.6) is 11.5 Å². The lowest BCUT2D eigenvalue weighted by atomic mass is 10.1. The number of amides is 1. The van der Waals surface area contributed by atoms with Gasteiger partial charge in [-0.3, -0.25) is 14.4 Å². The fraction of sp³-hybridized carbons (Fsp3) is 0.200. The molecule has 0 aliphatic carbocycles. The van der Waals surface area contributed by atoms with Crippen LogP contribution in [-0.4, -0.2) is 34.9 Å². The summed E-state index contributed by atoms with van der Waals surface area (Å²) < 4.78 is 12.1. The number of rotatable bonds is 5. The Hall–Kier alpha value is -3.57. The summed E-state index contributed by atoms with van der Waals surface area (Å²) in [6.45, 7) is 0.380. The van der Waals surface area contributed by atoms with Gasteiger partial charge in [0.1, 0.15) is 6.54 Å². The van der Waals surface area contributed by atoms with E-state index in [0.717, 1.165) is 5.56 Å². The van der Waals surface area contributed by atoms with Gasteiger partial charge in [-0.05, 0) is 24.3 Å². The maximum atomic E-state index is 12.9. The molecular formula is C20H16ClN5O3. The largest absolute Gasteiger partial charge is 0.493 e. The Morgan fingerprint density at radius 2 is 2.03 bits per heavy atom. The summed E-state index contributed by atoms with van der Waals surface area (Å²) in [7, 11) is 3.13. The molecule has 3 aromatic rings. The van der Waals surface area contributed by atoms with Crippen LogP contribution in [0.4, 0.5) is 5.69 Å². The van der Waals surface area contributed by atoms with Gasteiger partial charge in [0, 0.05) is 11.8 Å². The van der Waals surface area contributed by atoms with Crippen LogP contribution in [0.1, 0.15) is 16.1 Å². The summed E-state index contributed by atoms with van der Waals surface area (Å²) in [4.78, 5) is 19.1. The molecule has 2 aromatic heterocycles. The number of hydrogen-bond acceptors (Lipinski definition) is 6. The minimum atomic E-state index is -0.243. The first-order chi connectivity index (χ1) is 14.0. The van der Waals surface area contributed by atoms with Crippen molar-refractivity contribution in [3.05, 3.63) is 52.9 Å². The van der Waals surface area contributed by atoms with Gasteiger partial charge in [0.25, 0.3) is 5.91 Å². The monoisotopic (exact) mass is 409 g/mol. The van der Waals surface area contributed by atoms with E-state index < -0.39 is 0 Å². The number of nitriles is 1. The van der Waals surface area contributed by atoms with Crippen molar-refractivity contribution in [3.8, 4) is 28.8 Å². The molecular weight excluding hydrogens is 394 g/mol. The summed E-state index contributed by atoms with van der Waals surface area (Å²) in [5, 5.41) is 13.2. The first kappa shape index (κ1) is 18.8. The Labute approximate surface area is 171 Å². The van der Waals surface area contributed by atoms with E-state index in [-0.39, 0.29) is 19.0 Å². The predicted molar refractivity (Wildman–Crippen MR) is 106 cm³/mol. The van der Waals surface area contributed by atoms with Crippen molar-refractivity contribution in [2.45, 2.75) is 13.1 Å². The molecule has 0 fully saturated rings. The number of carbonyl (C=O) groups is 1. The Bertz CT molecular complexity index is 1150. The van der Waals surface area contributed by atoms with Gasteiger partial charge in [-0.1, -0.05) is 11.6 Å². The Balaban J connectivity index is 1.70. The number of carbonyl (C=O) groups excluding carboxylic acids is 1. The zero-order valence-electron chi connectivity index (χ0n) is 15.7. The van der Waals surface area contributed by atoms with E-state index in [1.165, 1.54) is 4.68 Å². The average Bonchev–Trinajstić information content (AvgIpc) is 3.32. The van der Waals surface area contributed by atoms with Crippen LogP contribution in [0, 0.1) is 11.3 Å². The molecule has 0 radical (unpaired) electrons. The van der Waals surface area contributed by atoms with Gasteiger partial charge >= 0.3 is 0 Å². The van der Waals surface area contributed by atoms with Crippen LogP contribution < -0.4 is 14.4 Å². The molecule has 0 spiro atoms. The van der Waals surface area contributed by atoms with Crippen LogP contribution in [0.3, 0.4) is 0 Å². The van der Waals surface area contributed by atoms with Gasteiger partial charge in [-0.2, -0.15) is 10.4 Å². The fourth-order valence-electron chi connectivity index (χ4n) is 3.26. The smallest absolute Gasteiger partial charge is 0.262 e. The highest BCUT2D eigenvalue weighted by Crippen LogP contribution is 2.36. The highest BCUT2D eigenvalue weighted by Gasteiger charge is 2.33. The summed E-state index contributed by atoms with van der Waals surface area (Å²) in [6, 6.07) is 9.14.